The molecule has 6 unspecified atom stereocenters. The summed E-state index contributed by atoms with van der Waals surface area (Å²) in [5.74, 6) is -3.10. The first-order valence-corrected chi connectivity index (χ1v) is 32.3. The van der Waals surface area contributed by atoms with E-state index in [0.717, 1.165) is 89.9 Å². The zero-order valence-corrected chi connectivity index (χ0v) is 49.7. The van der Waals surface area contributed by atoms with Crippen LogP contribution < -0.4 is 0 Å². The highest BCUT2D eigenvalue weighted by Gasteiger charge is 2.50. The molecule has 3 N–H and O–H groups in total. The number of carboxylic acids is 1. The molecule has 1 fully saturated rings. The van der Waals surface area contributed by atoms with Gasteiger partial charge in [0.2, 0.25) is 0 Å². The Kier molecular flexibility index (Phi) is 50.5. The number of carbonyl (C=O) groups is 4. The Morgan fingerprint density at radius 3 is 1.22 bits per heavy atom. The van der Waals surface area contributed by atoms with E-state index in [-0.39, 0.29) is 25.9 Å². The predicted octanol–water partition coefficient (Wildman–Crippen LogP) is 17.0. The number of carboxylic acid groups (broad SMARTS) is 1. The highest BCUT2D eigenvalue weighted by molar-refractivity contribution is 5.74. The fraction of sp³-hybridized carbons (Fsp3) is 0.877. The zero-order chi connectivity index (χ0) is 56.1. The molecule has 0 aromatic heterocycles. The van der Waals surface area contributed by atoms with Gasteiger partial charge in [0.15, 0.2) is 24.6 Å². The quantitative estimate of drug-likeness (QED) is 0.0228. The first-order valence-electron chi connectivity index (χ1n) is 32.3. The lowest BCUT2D eigenvalue weighted by atomic mass is 9.98. The van der Waals surface area contributed by atoms with Gasteiger partial charge in [0, 0.05) is 19.3 Å². The van der Waals surface area contributed by atoms with Crippen molar-refractivity contribution < 1.29 is 58.2 Å². The Morgan fingerprint density at radius 2 is 0.805 bits per heavy atom. The lowest BCUT2D eigenvalue weighted by Gasteiger charge is -2.40. The van der Waals surface area contributed by atoms with Gasteiger partial charge >= 0.3 is 23.9 Å². The minimum absolute atomic E-state index is 0.0663. The highest BCUT2D eigenvalue weighted by atomic mass is 16.7. The monoisotopic (exact) mass is 1090 g/mol. The highest BCUT2D eigenvalue weighted by Crippen LogP contribution is 2.27. The number of unbranched alkanes of at least 4 members (excludes halogenated alkanes) is 38. The molecular formula is C65H118O12. The molecular weight excluding hydrogens is 973 g/mol. The largest absolute Gasteiger partial charge is 0.479 e. The number of hydrogen-bond donors (Lipinski definition) is 3. The van der Waals surface area contributed by atoms with Crippen LogP contribution in [0.1, 0.15) is 316 Å². The van der Waals surface area contributed by atoms with Crippen molar-refractivity contribution >= 4 is 23.9 Å². The molecule has 12 nitrogen and oxygen atoms in total. The van der Waals surface area contributed by atoms with Gasteiger partial charge in [0.05, 0.1) is 6.61 Å². The average molecular weight is 1090 g/mol. The molecule has 0 bridgehead atoms. The topological polar surface area (TPSA) is 175 Å². The van der Waals surface area contributed by atoms with Crippen LogP contribution in [0.2, 0.25) is 0 Å². The average Bonchev–Trinajstić information content (AvgIpc) is 3.42. The van der Waals surface area contributed by atoms with Crippen molar-refractivity contribution in [1.29, 1.82) is 0 Å². The van der Waals surface area contributed by atoms with Crippen LogP contribution in [-0.2, 0) is 42.9 Å². The molecule has 0 radical (unpaired) electrons. The first kappa shape index (κ1) is 72.2. The standard InChI is InChI=1S/C65H118O12/c1-4-7-10-13-16-19-22-25-27-28-29-30-32-35-38-41-44-47-50-53-59(68)76-63-61(70)60(69)62(64(71)72)77-65(63)74-55-56(75-58(67)52-49-46-43-40-37-33-24-21-18-15-12-9-6-3)54-73-57(66)51-48-45-42-39-36-34-31-26-23-20-17-14-11-8-5-2/h12,15,21,24,56,60-63,65,69-70H,4-11,13-14,16-20,22-23,25-55H2,1-3H3,(H,71,72)/b15-12-,24-21-. The van der Waals surface area contributed by atoms with E-state index in [1.807, 2.05) is 0 Å². The van der Waals surface area contributed by atoms with Gasteiger partial charge in [-0.15, -0.1) is 0 Å². The Morgan fingerprint density at radius 1 is 0.429 bits per heavy atom. The number of aliphatic hydroxyl groups is 2. The Balaban J connectivity index is 2.62. The molecule has 12 heteroatoms. The van der Waals surface area contributed by atoms with Gasteiger partial charge in [-0.05, 0) is 44.9 Å². The number of esters is 3. The fourth-order valence-electron chi connectivity index (χ4n) is 10.1. The van der Waals surface area contributed by atoms with Gasteiger partial charge in [-0.1, -0.05) is 276 Å². The summed E-state index contributed by atoms with van der Waals surface area (Å²) >= 11 is 0. The molecule has 77 heavy (non-hydrogen) atoms. The molecule has 450 valence electrons. The van der Waals surface area contributed by atoms with E-state index < -0.39 is 67.3 Å². The van der Waals surface area contributed by atoms with Gasteiger partial charge in [0.1, 0.15) is 18.8 Å². The van der Waals surface area contributed by atoms with Crippen molar-refractivity contribution in [2.45, 2.75) is 353 Å². The number of aliphatic carboxylic acids is 1. The molecule has 0 spiro atoms. The van der Waals surface area contributed by atoms with Gasteiger partial charge in [-0.3, -0.25) is 14.4 Å². The summed E-state index contributed by atoms with van der Waals surface area (Å²) in [6.45, 7) is 5.97. The Bertz CT molecular complexity index is 1430. The summed E-state index contributed by atoms with van der Waals surface area (Å²) in [5.41, 5.74) is 0. The minimum Gasteiger partial charge on any atom is -0.479 e. The second-order valence-corrected chi connectivity index (χ2v) is 22.4. The van der Waals surface area contributed by atoms with Crippen LogP contribution in [0.5, 0.6) is 0 Å². The van der Waals surface area contributed by atoms with E-state index in [9.17, 15) is 34.5 Å². The van der Waals surface area contributed by atoms with Crippen LogP contribution in [0.3, 0.4) is 0 Å². The normalized spacial score (nSPS) is 18.1. The van der Waals surface area contributed by atoms with Crippen LogP contribution in [0.4, 0.5) is 0 Å². The fourth-order valence-corrected chi connectivity index (χ4v) is 10.1. The molecule has 1 aliphatic rings. The third-order valence-electron chi connectivity index (χ3n) is 15.0. The molecule has 0 aromatic carbocycles. The predicted molar refractivity (Wildman–Crippen MR) is 313 cm³/mol. The van der Waals surface area contributed by atoms with E-state index in [2.05, 4.69) is 45.1 Å². The van der Waals surface area contributed by atoms with Crippen molar-refractivity contribution in [3.8, 4) is 0 Å². The number of hydrogen-bond acceptors (Lipinski definition) is 11. The first-order chi connectivity index (χ1) is 37.6. The van der Waals surface area contributed by atoms with Gasteiger partial charge in [0.25, 0.3) is 0 Å². The molecule has 1 heterocycles. The van der Waals surface area contributed by atoms with Crippen LogP contribution in [0.15, 0.2) is 24.3 Å². The maximum Gasteiger partial charge on any atom is 0.335 e. The summed E-state index contributed by atoms with van der Waals surface area (Å²) in [6.07, 6.45) is 50.0. The van der Waals surface area contributed by atoms with Crippen molar-refractivity contribution in [1.82, 2.24) is 0 Å². The summed E-state index contributed by atoms with van der Waals surface area (Å²) in [5, 5.41) is 31.6. The van der Waals surface area contributed by atoms with Crippen LogP contribution >= 0.6 is 0 Å². The van der Waals surface area contributed by atoms with E-state index in [0.29, 0.717) is 19.3 Å². The van der Waals surface area contributed by atoms with Crippen molar-refractivity contribution in [3.63, 3.8) is 0 Å². The summed E-state index contributed by atoms with van der Waals surface area (Å²) in [6, 6.07) is 0. The molecule has 0 aromatic rings. The van der Waals surface area contributed by atoms with E-state index in [1.54, 1.807) is 0 Å². The molecule has 1 saturated heterocycles. The SMILES string of the molecule is CCC/C=C\C/C=C\CCCCCCCC(=O)OC(COC(=O)CCCCCCCCCCCCCCCCC)COC1OC(C(=O)O)C(O)C(O)C1OC(=O)CCCCCCCCCCCCCCCCCCCCC. The minimum atomic E-state index is -1.90. The molecule has 6 atom stereocenters. The van der Waals surface area contributed by atoms with Crippen LogP contribution in [0.25, 0.3) is 0 Å². The number of allylic oxidation sites excluding steroid dienone is 4. The van der Waals surface area contributed by atoms with E-state index in [4.69, 9.17) is 23.7 Å². The molecule has 1 aliphatic heterocycles. The number of aliphatic hydroxyl groups excluding tert-OH is 2. The second kappa shape index (κ2) is 53.8. The molecule has 1 rings (SSSR count). The van der Waals surface area contributed by atoms with Crippen molar-refractivity contribution in [3.05, 3.63) is 24.3 Å². The van der Waals surface area contributed by atoms with Gasteiger partial charge in [-0.2, -0.15) is 0 Å². The number of rotatable bonds is 56. The smallest absolute Gasteiger partial charge is 0.335 e. The molecule has 0 aliphatic carbocycles. The Labute approximate surface area is 470 Å². The van der Waals surface area contributed by atoms with Crippen molar-refractivity contribution in [2.75, 3.05) is 13.2 Å². The maximum absolute atomic E-state index is 13.1. The zero-order valence-electron chi connectivity index (χ0n) is 49.7. The number of ether oxygens (including phenoxy) is 5. The lowest BCUT2D eigenvalue weighted by Crippen LogP contribution is -2.61. The maximum atomic E-state index is 13.1. The lowest BCUT2D eigenvalue weighted by molar-refractivity contribution is -0.301. The summed E-state index contributed by atoms with van der Waals surface area (Å²) in [7, 11) is 0. The van der Waals surface area contributed by atoms with Crippen LogP contribution in [0, 0.1) is 0 Å². The van der Waals surface area contributed by atoms with Crippen LogP contribution in [-0.4, -0.2) is 89.2 Å². The van der Waals surface area contributed by atoms with Gasteiger partial charge in [-0.25, -0.2) is 4.79 Å². The Hall–Kier alpha value is -2.80. The van der Waals surface area contributed by atoms with Crippen molar-refractivity contribution in [2.24, 2.45) is 0 Å². The third kappa shape index (κ3) is 43.7. The third-order valence-corrected chi connectivity index (χ3v) is 15.0. The number of carbonyl (C=O) groups excluding carboxylic acids is 3. The summed E-state index contributed by atoms with van der Waals surface area (Å²) in [4.78, 5) is 51.2. The summed E-state index contributed by atoms with van der Waals surface area (Å²) < 4.78 is 28.5. The second-order valence-electron chi connectivity index (χ2n) is 22.4. The van der Waals surface area contributed by atoms with E-state index in [1.165, 1.54) is 167 Å². The van der Waals surface area contributed by atoms with E-state index >= 15 is 0 Å². The molecule has 0 saturated carbocycles. The van der Waals surface area contributed by atoms with Gasteiger partial charge < -0.3 is 39.0 Å². The molecule has 0 amide bonds.